The van der Waals surface area contributed by atoms with E-state index in [4.69, 9.17) is 5.11 Å². The molecule has 1 unspecified atom stereocenters. The van der Waals surface area contributed by atoms with Crippen molar-refractivity contribution in [1.29, 1.82) is 0 Å². The highest BCUT2D eigenvalue weighted by Gasteiger charge is 2.14. The van der Waals surface area contributed by atoms with Crippen LogP contribution in [0.4, 0.5) is 0 Å². The number of aliphatic hydroxyl groups excluding tert-OH is 1. The third-order valence-electron chi connectivity index (χ3n) is 3.19. The van der Waals surface area contributed by atoms with Gasteiger partial charge in [0.05, 0.1) is 6.20 Å². The van der Waals surface area contributed by atoms with Gasteiger partial charge in [0.2, 0.25) is 0 Å². The van der Waals surface area contributed by atoms with E-state index in [0.717, 1.165) is 5.56 Å². The molecule has 0 saturated heterocycles. The Morgan fingerprint density at radius 3 is 2.60 bits per heavy atom. The van der Waals surface area contributed by atoms with Crippen molar-refractivity contribution >= 4 is 11.6 Å². The molecule has 2 aromatic heterocycles. The number of aliphatic hydroxyl groups is 1. The maximum Gasteiger partial charge on any atom is 0.354 e. The monoisotopic (exact) mass is 268 g/mol. The first-order chi connectivity index (χ1) is 9.66. The van der Waals surface area contributed by atoms with Crippen molar-refractivity contribution in [2.75, 3.05) is 0 Å². The van der Waals surface area contributed by atoms with E-state index in [1.807, 2.05) is 30.3 Å². The summed E-state index contributed by atoms with van der Waals surface area (Å²) in [6, 6.07) is 12.6. The highest BCUT2D eigenvalue weighted by Crippen LogP contribution is 2.22. The number of carboxylic acids is 1. The molecular weight excluding hydrogens is 256 g/mol. The van der Waals surface area contributed by atoms with Crippen molar-refractivity contribution in [3.8, 4) is 0 Å². The molecule has 2 heterocycles. The van der Waals surface area contributed by atoms with E-state index in [2.05, 4.69) is 4.98 Å². The van der Waals surface area contributed by atoms with E-state index >= 15 is 0 Å². The number of aromatic carboxylic acids is 1. The summed E-state index contributed by atoms with van der Waals surface area (Å²) in [7, 11) is 0. The molecule has 5 nitrogen and oxygen atoms in total. The van der Waals surface area contributed by atoms with E-state index in [-0.39, 0.29) is 5.69 Å². The summed E-state index contributed by atoms with van der Waals surface area (Å²) < 4.78 is 1.48. The van der Waals surface area contributed by atoms with Crippen molar-refractivity contribution in [3.05, 3.63) is 71.7 Å². The topological polar surface area (TPSA) is 74.8 Å². The van der Waals surface area contributed by atoms with Gasteiger partial charge in [-0.25, -0.2) is 9.78 Å². The van der Waals surface area contributed by atoms with Gasteiger partial charge >= 0.3 is 5.97 Å². The zero-order valence-electron chi connectivity index (χ0n) is 10.5. The molecule has 5 heteroatoms. The fourth-order valence-corrected chi connectivity index (χ4v) is 2.15. The maximum atomic E-state index is 11.0. The fourth-order valence-electron chi connectivity index (χ4n) is 2.15. The number of pyridine rings is 1. The second-order valence-corrected chi connectivity index (χ2v) is 4.45. The summed E-state index contributed by atoms with van der Waals surface area (Å²) in [5, 5.41) is 19.3. The highest BCUT2D eigenvalue weighted by molar-refractivity contribution is 5.86. The molecule has 0 amide bonds. The van der Waals surface area contributed by atoms with E-state index in [1.54, 1.807) is 18.3 Å². The molecule has 20 heavy (non-hydrogen) atoms. The van der Waals surface area contributed by atoms with Gasteiger partial charge in [0.1, 0.15) is 11.8 Å². The van der Waals surface area contributed by atoms with Crippen LogP contribution in [0.3, 0.4) is 0 Å². The Kier molecular flexibility index (Phi) is 2.96. The average molecular weight is 268 g/mol. The van der Waals surface area contributed by atoms with E-state index in [9.17, 15) is 9.90 Å². The minimum absolute atomic E-state index is 0.0979. The number of nitrogens with zero attached hydrogens (tertiary/aromatic N) is 2. The number of benzene rings is 1. The summed E-state index contributed by atoms with van der Waals surface area (Å²) in [5.41, 5.74) is 2.05. The molecule has 0 aliphatic heterocycles. The van der Waals surface area contributed by atoms with Crippen LogP contribution in [-0.4, -0.2) is 25.6 Å². The quantitative estimate of drug-likeness (QED) is 0.763. The van der Waals surface area contributed by atoms with Gasteiger partial charge in [0.25, 0.3) is 0 Å². The molecule has 1 aromatic carbocycles. The first-order valence-corrected chi connectivity index (χ1v) is 6.10. The number of hydrogen-bond acceptors (Lipinski definition) is 3. The molecule has 1 atom stereocenters. The molecular formula is C15H12N2O3. The van der Waals surface area contributed by atoms with Gasteiger partial charge in [0, 0.05) is 6.20 Å². The largest absolute Gasteiger partial charge is 0.477 e. The van der Waals surface area contributed by atoms with Gasteiger partial charge in [-0.1, -0.05) is 30.3 Å². The summed E-state index contributed by atoms with van der Waals surface area (Å²) in [6.07, 6.45) is 2.15. The summed E-state index contributed by atoms with van der Waals surface area (Å²) in [6.45, 7) is 0. The predicted octanol–water partition coefficient (Wildman–Crippen LogP) is 2.11. The second-order valence-electron chi connectivity index (χ2n) is 4.45. The lowest BCUT2D eigenvalue weighted by atomic mass is 10.0. The van der Waals surface area contributed by atoms with Crippen LogP contribution in [0.25, 0.3) is 5.65 Å². The van der Waals surface area contributed by atoms with Crippen molar-refractivity contribution in [2.24, 2.45) is 0 Å². The summed E-state index contributed by atoms with van der Waals surface area (Å²) in [4.78, 5) is 15.1. The molecule has 0 spiro atoms. The Morgan fingerprint density at radius 1 is 1.15 bits per heavy atom. The number of hydrogen-bond donors (Lipinski definition) is 2. The van der Waals surface area contributed by atoms with Crippen LogP contribution in [0.15, 0.2) is 54.9 Å². The SMILES string of the molecule is O=C(O)c1cnc2cc(C(O)c3ccccc3)ccn12. The summed E-state index contributed by atoms with van der Waals surface area (Å²) in [5.74, 6) is -1.03. The van der Waals surface area contributed by atoms with Crippen LogP contribution in [0.1, 0.15) is 27.7 Å². The first-order valence-electron chi connectivity index (χ1n) is 6.10. The Labute approximate surface area is 114 Å². The lowest BCUT2D eigenvalue weighted by Gasteiger charge is -2.11. The minimum Gasteiger partial charge on any atom is -0.477 e. The van der Waals surface area contributed by atoms with Crippen LogP contribution in [0.2, 0.25) is 0 Å². The van der Waals surface area contributed by atoms with E-state index in [0.29, 0.717) is 11.2 Å². The zero-order valence-corrected chi connectivity index (χ0v) is 10.5. The Balaban J connectivity index is 2.04. The van der Waals surface area contributed by atoms with Gasteiger partial charge in [-0.05, 0) is 23.3 Å². The number of aromatic nitrogens is 2. The third-order valence-corrected chi connectivity index (χ3v) is 3.19. The lowest BCUT2D eigenvalue weighted by Crippen LogP contribution is -2.03. The smallest absolute Gasteiger partial charge is 0.354 e. The lowest BCUT2D eigenvalue weighted by molar-refractivity contribution is 0.0689. The molecule has 2 N–H and O–H groups in total. The van der Waals surface area contributed by atoms with Gasteiger partial charge in [0.15, 0.2) is 5.69 Å². The highest BCUT2D eigenvalue weighted by atomic mass is 16.4. The molecule has 100 valence electrons. The fraction of sp³-hybridized carbons (Fsp3) is 0.0667. The van der Waals surface area contributed by atoms with Gasteiger partial charge in [-0.3, -0.25) is 4.40 Å². The first kappa shape index (κ1) is 12.4. The molecule has 3 rings (SSSR count). The number of imidazole rings is 1. The Bertz CT molecular complexity index is 765. The van der Waals surface area contributed by atoms with Crippen LogP contribution in [0.5, 0.6) is 0 Å². The van der Waals surface area contributed by atoms with Crippen LogP contribution in [-0.2, 0) is 0 Å². The predicted molar refractivity (Wildman–Crippen MR) is 72.7 cm³/mol. The third kappa shape index (κ3) is 2.04. The average Bonchev–Trinajstić information content (AvgIpc) is 2.90. The number of carboxylic acid groups (broad SMARTS) is 1. The van der Waals surface area contributed by atoms with E-state index < -0.39 is 12.1 Å². The summed E-state index contributed by atoms with van der Waals surface area (Å²) >= 11 is 0. The number of fused-ring (bicyclic) bond motifs is 1. The molecule has 0 saturated carbocycles. The Hall–Kier alpha value is -2.66. The zero-order chi connectivity index (χ0) is 14.1. The van der Waals surface area contributed by atoms with Crippen LogP contribution in [0, 0.1) is 0 Å². The minimum atomic E-state index is -1.03. The molecule has 0 fully saturated rings. The molecule has 3 aromatic rings. The van der Waals surface area contributed by atoms with Gasteiger partial charge in [-0.15, -0.1) is 0 Å². The number of carbonyl (C=O) groups is 1. The number of rotatable bonds is 3. The van der Waals surface area contributed by atoms with Gasteiger partial charge < -0.3 is 10.2 Å². The maximum absolute atomic E-state index is 11.0. The van der Waals surface area contributed by atoms with Crippen molar-refractivity contribution in [3.63, 3.8) is 0 Å². The van der Waals surface area contributed by atoms with Gasteiger partial charge in [-0.2, -0.15) is 0 Å². The normalized spacial score (nSPS) is 12.4. The molecule has 0 aliphatic rings. The molecule has 0 aliphatic carbocycles. The van der Waals surface area contributed by atoms with Crippen LogP contribution < -0.4 is 0 Å². The Morgan fingerprint density at radius 2 is 1.90 bits per heavy atom. The van der Waals surface area contributed by atoms with Crippen molar-refractivity contribution in [1.82, 2.24) is 9.38 Å². The van der Waals surface area contributed by atoms with Crippen LogP contribution >= 0.6 is 0 Å². The van der Waals surface area contributed by atoms with Crippen molar-refractivity contribution in [2.45, 2.75) is 6.10 Å². The van der Waals surface area contributed by atoms with E-state index in [1.165, 1.54) is 10.6 Å². The standard InChI is InChI=1S/C15H12N2O3/c18-14(10-4-2-1-3-5-10)11-6-7-17-12(15(19)20)9-16-13(17)8-11/h1-9,14,18H,(H,19,20). The molecule has 0 bridgehead atoms. The second kappa shape index (κ2) is 4.79. The van der Waals surface area contributed by atoms with Crippen molar-refractivity contribution < 1.29 is 15.0 Å². The molecule has 0 radical (unpaired) electrons.